The molecule has 28 heavy (non-hydrogen) atoms. The molecular formula is C24H26O4. The third-order valence-corrected chi connectivity index (χ3v) is 4.84. The standard InChI is InChI=1S/C24H26O4/c1-4-23(25)28-24(18-8-6-5-7-9-18,19-10-14-21(26-2)15-11-19)20-12-16-22(27-3)17-13-20/h5-17,23,25H,4H2,1-3H3. The van der Waals surface area contributed by atoms with Crippen molar-refractivity contribution in [1.82, 2.24) is 0 Å². The highest BCUT2D eigenvalue weighted by atomic mass is 16.6. The van der Waals surface area contributed by atoms with Gasteiger partial charge in [-0.2, -0.15) is 0 Å². The van der Waals surface area contributed by atoms with Crippen LogP contribution in [-0.2, 0) is 10.3 Å². The number of rotatable bonds is 8. The van der Waals surface area contributed by atoms with Crippen molar-refractivity contribution in [3.8, 4) is 11.5 Å². The van der Waals surface area contributed by atoms with Crippen LogP contribution in [0.15, 0.2) is 78.9 Å². The lowest BCUT2D eigenvalue weighted by atomic mass is 9.80. The van der Waals surface area contributed by atoms with Gasteiger partial charge >= 0.3 is 0 Å². The Bertz CT molecular complexity index is 810. The SMILES string of the molecule is CCC(O)OC(c1ccccc1)(c1ccc(OC)cc1)c1ccc(OC)cc1. The van der Waals surface area contributed by atoms with E-state index < -0.39 is 11.9 Å². The van der Waals surface area contributed by atoms with Crippen molar-refractivity contribution in [3.63, 3.8) is 0 Å². The molecular weight excluding hydrogens is 352 g/mol. The summed E-state index contributed by atoms with van der Waals surface area (Å²) in [5, 5.41) is 10.5. The van der Waals surface area contributed by atoms with Gasteiger partial charge in [0, 0.05) is 0 Å². The first-order chi connectivity index (χ1) is 13.6. The van der Waals surface area contributed by atoms with Crippen LogP contribution in [-0.4, -0.2) is 25.6 Å². The number of hydrogen-bond acceptors (Lipinski definition) is 4. The van der Waals surface area contributed by atoms with Gasteiger partial charge in [-0.05, 0) is 47.4 Å². The fourth-order valence-electron chi connectivity index (χ4n) is 3.32. The second kappa shape index (κ2) is 8.91. The lowest BCUT2D eigenvalue weighted by Gasteiger charge is -2.37. The lowest BCUT2D eigenvalue weighted by Crippen LogP contribution is -2.36. The number of hydrogen-bond donors (Lipinski definition) is 1. The molecule has 0 saturated heterocycles. The third kappa shape index (κ3) is 3.88. The molecule has 0 radical (unpaired) electrons. The summed E-state index contributed by atoms with van der Waals surface area (Å²) in [6.45, 7) is 1.89. The molecule has 0 saturated carbocycles. The molecule has 1 unspecified atom stereocenters. The molecule has 1 N–H and O–H groups in total. The van der Waals surface area contributed by atoms with Crippen LogP contribution in [0.5, 0.6) is 11.5 Å². The predicted molar refractivity (Wildman–Crippen MR) is 110 cm³/mol. The molecule has 0 fully saturated rings. The van der Waals surface area contributed by atoms with E-state index in [1.807, 2.05) is 85.8 Å². The Morgan fingerprint density at radius 2 is 1.14 bits per heavy atom. The first-order valence-corrected chi connectivity index (χ1v) is 9.34. The maximum Gasteiger partial charge on any atom is 0.156 e. The smallest absolute Gasteiger partial charge is 0.156 e. The van der Waals surface area contributed by atoms with Crippen molar-refractivity contribution in [2.75, 3.05) is 14.2 Å². The Hall–Kier alpha value is -2.82. The van der Waals surface area contributed by atoms with Crippen molar-refractivity contribution < 1.29 is 19.3 Å². The fraction of sp³-hybridized carbons (Fsp3) is 0.250. The van der Waals surface area contributed by atoms with E-state index in [0.29, 0.717) is 6.42 Å². The number of ether oxygens (including phenoxy) is 3. The van der Waals surface area contributed by atoms with Gasteiger partial charge in [0.05, 0.1) is 14.2 Å². The molecule has 0 aliphatic heterocycles. The van der Waals surface area contributed by atoms with E-state index >= 15 is 0 Å². The summed E-state index contributed by atoms with van der Waals surface area (Å²) in [5.41, 5.74) is 1.75. The largest absolute Gasteiger partial charge is 0.497 e. The van der Waals surface area contributed by atoms with Gasteiger partial charge in [0.15, 0.2) is 6.29 Å². The maximum absolute atomic E-state index is 10.5. The van der Waals surface area contributed by atoms with E-state index in [-0.39, 0.29) is 0 Å². The van der Waals surface area contributed by atoms with E-state index in [4.69, 9.17) is 14.2 Å². The Labute approximate surface area is 166 Å². The van der Waals surface area contributed by atoms with E-state index in [2.05, 4.69) is 0 Å². The van der Waals surface area contributed by atoms with Crippen LogP contribution in [0.3, 0.4) is 0 Å². The minimum Gasteiger partial charge on any atom is -0.497 e. The van der Waals surface area contributed by atoms with Gasteiger partial charge in [-0.15, -0.1) is 0 Å². The molecule has 3 aromatic rings. The van der Waals surface area contributed by atoms with E-state index in [1.165, 1.54) is 0 Å². The van der Waals surface area contributed by atoms with Crippen LogP contribution in [0.1, 0.15) is 30.0 Å². The summed E-state index contributed by atoms with van der Waals surface area (Å²) < 4.78 is 17.0. The van der Waals surface area contributed by atoms with E-state index in [0.717, 1.165) is 28.2 Å². The first kappa shape index (κ1) is 19.9. The number of aliphatic hydroxyl groups is 1. The molecule has 0 spiro atoms. The molecule has 0 heterocycles. The molecule has 1 atom stereocenters. The quantitative estimate of drug-likeness (QED) is 0.454. The Kier molecular flexibility index (Phi) is 6.34. The Morgan fingerprint density at radius 3 is 1.54 bits per heavy atom. The molecule has 0 aliphatic rings. The maximum atomic E-state index is 10.5. The summed E-state index contributed by atoms with van der Waals surface area (Å²) in [5.74, 6) is 1.52. The van der Waals surface area contributed by atoms with Crippen molar-refractivity contribution in [2.24, 2.45) is 0 Å². The predicted octanol–water partition coefficient (Wildman–Crippen LogP) is 4.74. The average Bonchev–Trinajstić information content (AvgIpc) is 2.78. The Balaban J connectivity index is 2.26. The third-order valence-electron chi connectivity index (χ3n) is 4.84. The van der Waals surface area contributed by atoms with Gasteiger partial charge in [0.2, 0.25) is 0 Å². The molecule has 146 valence electrons. The second-order valence-electron chi connectivity index (χ2n) is 6.48. The zero-order valence-corrected chi connectivity index (χ0v) is 16.5. The van der Waals surface area contributed by atoms with Crippen LogP contribution in [0.4, 0.5) is 0 Å². The van der Waals surface area contributed by atoms with Crippen LogP contribution < -0.4 is 9.47 Å². The van der Waals surface area contributed by atoms with Crippen molar-refractivity contribution in [2.45, 2.75) is 25.2 Å². The van der Waals surface area contributed by atoms with Gasteiger partial charge in [0.1, 0.15) is 17.1 Å². The average molecular weight is 378 g/mol. The van der Waals surface area contributed by atoms with Crippen LogP contribution in [0.25, 0.3) is 0 Å². The van der Waals surface area contributed by atoms with E-state index in [9.17, 15) is 5.11 Å². The Morgan fingerprint density at radius 1 is 0.714 bits per heavy atom. The molecule has 0 amide bonds. The molecule has 4 nitrogen and oxygen atoms in total. The topological polar surface area (TPSA) is 47.9 Å². The minimum absolute atomic E-state index is 0.473. The van der Waals surface area contributed by atoms with E-state index in [1.54, 1.807) is 14.2 Å². The monoisotopic (exact) mass is 378 g/mol. The fourth-order valence-corrected chi connectivity index (χ4v) is 3.32. The molecule has 4 heteroatoms. The van der Waals surface area contributed by atoms with Gasteiger partial charge in [-0.1, -0.05) is 61.5 Å². The number of methoxy groups -OCH3 is 2. The van der Waals surface area contributed by atoms with Gasteiger partial charge in [-0.3, -0.25) is 0 Å². The van der Waals surface area contributed by atoms with Gasteiger partial charge < -0.3 is 19.3 Å². The molecule has 3 aromatic carbocycles. The van der Waals surface area contributed by atoms with Crippen molar-refractivity contribution in [3.05, 3.63) is 95.6 Å². The van der Waals surface area contributed by atoms with Crippen LogP contribution in [0.2, 0.25) is 0 Å². The highest BCUT2D eigenvalue weighted by Crippen LogP contribution is 2.42. The first-order valence-electron chi connectivity index (χ1n) is 9.34. The highest BCUT2D eigenvalue weighted by Gasteiger charge is 2.39. The van der Waals surface area contributed by atoms with Crippen molar-refractivity contribution in [1.29, 1.82) is 0 Å². The summed E-state index contributed by atoms with van der Waals surface area (Å²) >= 11 is 0. The zero-order chi connectivity index (χ0) is 20.0. The summed E-state index contributed by atoms with van der Waals surface area (Å²) in [6, 6.07) is 25.4. The van der Waals surface area contributed by atoms with Gasteiger partial charge in [0.25, 0.3) is 0 Å². The van der Waals surface area contributed by atoms with Crippen LogP contribution >= 0.6 is 0 Å². The minimum atomic E-state index is -0.977. The molecule has 0 aliphatic carbocycles. The van der Waals surface area contributed by atoms with Crippen LogP contribution in [0, 0.1) is 0 Å². The second-order valence-corrected chi connectivity index (χ2v) is 6.48. The molecule has 0 bridgehead atoms. The molecule has 0 aromatic heterocycles. The molecule has 3 rings (SSSR count). The number of aliphatic hydroxyl groups excluding tert-OH is 1. The summed E-state index contributed by atoms with van der Waals surface area (Å²) in [4.78, 5) is 0. The summed E-state index contributed by atoms with van der Waals surface area (Å²) in [7, 11) is 3.28. The normalized spacial score (nSPS) is 12.4. The zero-order valence-electron chi connectivity index (χ0n) is 16.5. The van der Waals surface area contributed by atoms with Gasteiger partial charge in [-0.25, -0.2) is 0 Å². The highest BCUT2D eigenvalue weighted by molar-refractivity contribution is 5.49. The number of benzene rings is 3. The lowest BCUT2D eigenvalue weighted by molar-refractivity contribution is -0.159. The summed E-state index contributed by atoms with van der Waals surface area (Å²) in [6.07, 6.45) is -0.453. The van der Waals surface area contributed by atoms with Crippen molar-refractivity contribution >= 4 is 0 Å².